The van der Waals surface area contributed by atoms with Gasteiger partial charge in [-0.15, -0.1) is 0 Å². The number of aliphatic hydroxyl groups excluding tert-OH is 8. The van der Waals surface area contributed by atoms with Gasteiger partial charge in [-0.1, -0.05) is 115 Å². The van der Waals surface area contributed by atoms with Gasteiger partial charge in [0.15, 0.2) is 0 Å². The molecule has 98 heavy (non-hydrogen) atoms. The second kappa shape index (κ2) is 43.1. The standard InChI is InChI=1S/C78H132O20/c1-45-23-29-57(79)37-59-19-17-21-61(95-59)41-71(91-15)52(8)68(82)44-70(84)54(10)78(56(12)76(88)48(4)28-32-64-40-66(90-14)36-50(6)94-64)98-74(86)34-26-46(2)24-30-58(80)38-60-20-18-22-62(96-60)42-72(92-16)51(7)67(81)43-69(83)53(9)77(97-73(85)33-25-45)55(11)75(87)47(3)27-31-63-39-65(89-13)35-49(5)93-63/h17-20,23-26,33-34,47-72,75-84,87-88H,21-22,27-32,35-44H2,1-16H3/b33-25+,34-26+,45-23+,46-24+/t47-,48-,49-,50-,51-,52-,53-,54-,55-,56-,57-,58-,59+,60+,61+,62+,63-,64-,65+,66+,67-,68-,69+,70+,71-,72-,75-,76-,77-,78-/m0/s1. The first-order chi connectivity index (χ1) is 46.4. The smallest absolute Gasteiger partial charge is 0.331 e. The number of methoxy groups -OCH3 is 4. The first-order valence-electron chi connectivity index (χ1n) is 37.1. The Kier molecular flexibility index (Phi) is 37.6. The van der Waals surface area contributed by atoms with Gasteiger partial charge in [-0.25, -0.2) is 9.59 Å². The predicted molar refractivity (Wildman–Crippen MR) is 377 cm³/mol. The Labute approximate surface area is 587 Å². The third kappa shape index (κ3) is 28.1. The van der Waals surface area contributed by atoms with Crippen LogP contribution in [0.25, 0.3) is 0 Å². The highest BCUT2D eigenvalue weighted by molar-refractivity contribution is 5.83. The zero-order valence-electron chi connectivity index (χ0n) is 62.3. The van der Waals surface area contributed by atoms with Gasteiger partial charge in [-0.3, -0.25) is 0 Å². The molecule has 5 aliphatic heterocycles. The van der Waals surface area contributed by atoms with Crippen molar-refractivity contribution in [1.29, 1.82) is 0 Å². The van der Waals surface area contributed by atoms with E-state index >= 15 is 0 Å². The van der Waals surface area contributed by atoms with Crippen molar-refractivity contribution < 1.29 is 97.8 Å². The lowest BCUT2D eigenvalue weighted by Gasteiger charge is -2.38. The Morgan fingerprint density at radius 1 is 0.449 bits per heavy atom. The Hall–Kier alpha value is -3.26. The highest BCUT2D eigenvalue weighted by atomic mass is 16.6. The molecule has 0 aliphatic carbocycles. The van der Waals surface area contributed by atoms with E-state index in [0.717, 1.165) is 25.7 Å². The van der Waals surface area contributed by atoms with Crippen LogP contribution in [0.2, 0.25) is 0 Å². The van der Waals surface area contributed by atoms with Gasteiger partial charge in [0.2, 0.25) is 0 Å². The minimum Gasteiger partial charge on any atom is -0.458 e. The van der Waals surface area contributed by atoms with Gasteiger partial charge in [-0.05, 0) is 129 Å². The molecule has 0 aromatic heterocycles. The number of rotatable bonds is 16. The monoisotopic (exact) mass is 1390 g/mol. The molecule has 0 radical (unpaired) electrons. The van der Waals surface area contributed by atoms with E-state index < -0.39 is 133 Å². The summed E-state index contributed by atoms with van der Waals surface area (Å²) in [5, 5.41) is 94.4. The number of aliphatic hydroxyl groups is 8. The molecule has 0 spiro atoms. The van der Waals surface area contributed by atoms with Crippen molar-refractivity contribution >= 4 is 11.9 Å². The molecule has 2 fully saturated rings. The molecule has 0 unspecified atom stereocenters. The number of hydrogen-bond acceptors (Lipinski definition) is 20. The number of hydrogen-bond donors (Lipinski definition) is 8. The number of esters is 2. The quantitative estimate of drug-likeness (QED) is 0.0527. The maximum atomic E-state index is 13.9. The Balaban J connectivity index is 1.36. The summed E-state index contributed by atoms with van der Waals surface area (Å²) in [5.41, 5.74) is 1.39. The zero-order chi connectivity index (χ0) is 72.5. The van der Waals surface area contributed by atoms with Crippen molar-refractivity contribution in [3.63, 3.8) is 0 Å². The van der Waals surface area contributed by atoms with Crippen molar-refractivity contribution in [2.45, 2.75) is 333 Å². The summed E-state index contributed by atoms with van der Waals surface area (Å²) in [5.74, 6) is -5.50. The topological polar surface area (TPSA) is 288 Å². The first kappa shape index (κ1) is 85.4. The molecule has 0 saturated carbocycles. The van der Waals surface area contributed by atoms with Crippen molar-refractivity contribution in [2.75, 3.05) is 28.4 Å². The summed E-state index contributed by atoms with van der Waals surface area (Å²) in [6.07, 6.45) is 14.1. The summed E-state index contributed by atoms with van der Waals surface area (Å²) in [7, 11) is 6.58. The third-order valence-corrected chi connectivity index (χ3v) is 22.3. The third-order valence-electron chi connectivity index (χ3n) is 22.3. The van der Waals surface area contributed by atoms with Crippen molar-refractivity contribution in [3.05, 3.63) is 71.9 Å². The maximum Gasteiger partial charge on any atom is 0.331 e. The van der Waals surface area contributed by atoms with Crippen LogP contribution in [0.3, 0.4) is 0 Å². The molecule has 5 heterocycles. The summed E-state index contributed by atoms with van der Waals surface area (Å²) in [6, 6.07) is 0. The minimum absolute atomic E-state index is 0.0293. The second-order valence-corrected chi connectivity index (χ2v) is 30.3. The summed E-state index contributed by atoms with van der Waals surface area (Å²) in [4.78, 5) is 27.8. The molecule has 0 aromatic carbocycles. The molecule has 0 amide bonds. The lowest BCUT2D eigenvalue weighted by molar-refractivity contribution is -0.158. The molecule has 0 aromatic rings. The Bertz CT molecular complexity index is 2320. The van der Waals surface area contributed by atoms with Gasteiger partial charge in [0.1, 0.15) is 12.2 Å². The highest BCUT2D eigenvalue weighted by Gasteiger charge is 2.42. The number of carbonyl (C=O) groups is 2. The number of fused-ring (bicyclic) bond motifs is 4. The van der Waals surface area contributed by atoms with E-state index in [1.165, 1.54) is 12.2 Å². The molecule has 564 valence electrons. The number of ether oxygens (including phenoxy) is 10. The van der Waals surface area contributed by atoms with Crippen molar-refractivity contribution in [3.8, 4) is 0 Å². The van der Waals surface area contributed by atoms with Crippen LogP contribution < -0.4 is 0 Å². The van der Waals surface area contributed by atoms with Crippen LogP contribution in [0.15, 0.2) is 71.9 Å². The molecule has 2 saturated heterocycles. The normalized spacial score (nSPS) is 41.1. The molecule has 30 atom stereocenters. The molecule has 5 aliphatic rings. The maximum absolute atomic E-state index is 13.9. The van der Waals surface area contributed by atoms with E-state index in [2.05, 4.69) is 0 Å². The van der Waals surface area contributed by atoms with Crippen LogP contribution >= 0.6 is 0 Å². The fourth-order valence-corrected chi connectivity index (χ4v) is 15.3. The average molecular weight is 1390 g/mol. The summed E-state index contributed by atoms with van der Waals surface area (Å²) >= 11 is 0. The molecule has 4 bridgehead atoms. The first-order valence-corrected chi connectivity index (χ1v) is 37.1. The van der Waals surface area contributed by atoms with Crippen LogP contribution in [-0.4, -0.2) is 216 Å². The highest BCUT2D eigenvalue weighted by Crippen LogP contribution is 2.37. The Morgan fingerprint density at radius 2 is 0.806 bits per heavy atom. The van der Waals surface area contributed by atoms with Gasteiger partial charge >= 0.3 is 11.9 Å². The molecule has 8 N–H and O–H groups in total. The largest absolute Gasteiger partial charge is 0.458 e. The van der Waals surface area contributed by atoms with E-state index in [1.807, 2.05) is 106 Å². The lowest BCUT2D eigenvalue weighted by Crippen LogP contribution is -2.45. The van der Waals surface area contributed by atoms with Gasteiger partial charge in [0, 0.05) is 102 Å². The summed E-state index contributed by atoms with van der Waals surface area (Å²) in [6.45, 7) is 22.5. The number of cyclic esters (lactones) is 2. The fourth-order valence-electron chi connectivity index (χ4n) is 15.3. The van der Waals surface area contributed by atoms with Gasteiger partial charge in [0.25, 0.3) is 0 Å². The molecular formula is C78H132O20. The van der Waals surface area contributed by atoms with Gasteiger partial charge in [-0.2, -0.15) is 0 Å². The zero-order valence-corrected chi connectivity index (χ0v) is 62.3. The SMILES string of the molecule is CO[C@H]1C[C@H](CC[C@H](C)[C@H](O)[C@H](C)[C@H]2OC(=O)/C=C/C(C)=C/C[C@H](O)C[C@H]3C=CC[C@H](C[C@H](OC)[C@@H](C)[C@@H](O)C[C@@H](O)[C@H](C)[C@@H]([C@@H](C)[C@@H](O)[C@@H](C)CC[C@H]4C[C@H](OC)C[C@H](C)O4)OC(=O)/C=C/C(C)=C/C[C@H](O)C[C@H]4C=CC[C@H](C[C@H](OC)[C@@H](C)[C@@H](O)C[C@@H](O)[C@@H]2C)O4)O3)O[C@@H](C)C1. The fraction of sp³-hybridized carbons (Fsp3) is 0.821. The van der Waals surface area contributed by atoms with Crippen molar-refractivity contribution in [1.82, 2.24) is 0 Å². The minimum atomic E-state index is -1.16. The molecule has 20 nitrogen and oxygen atoms in total. The average Bonchev–Trinajstić information content (AvgIpc) is 0.853. The summed E-state index contributed by atoms with van der Waals surface area (Å²) < 4.78 is 61.3. The van der Waals surface area contributed by atoms with E-state index in [1.54, 1.807) is 54.4 Å². The lowest BCUT2D eigenvalue weighted by atomic mass is 9.78. The Morgan fingerprint density at radius 3 is 1.15 bits per heavy atom. The van der Waals surface area contributed by atoms with Crippen LogP contribution in [0.4, 0.5) is 0 Å². The van der Waals surface area contributed by atoms with E-state index in [9.17, 15) is 50.4 Å². The van der Waals surface area contributed by atoms with Gasteiger partial charge < -0.3 is 88.2 Å². The van der Waals surface area contributed by atoms with E-state index in [-0.39, 0.29) is 99.2 Å². The van der Waals surface area contributed by atoms with Crippen LogP contribution in [0, 0.1) is 47.3 Å². The number of allylic oxidation sites excluding steroid dienone is 4. The molecule has 5 rings (SSSR count). The predicted octanol–water partition coefficient (Wildman–Crippen LogP) is 10.1. The van der Waals surface area contributed by atoms with Crippen molar-refractivity contribution in [2.24, 2.45) is 47.3 Å². The van der Waals surface area contributed by atoms with Crippen LogP contribution in [0.5, 0.6) is 0 Å². The van der Waals surface area contributed by atoms with Crippen LogP contribution in [-0.2, 0) is 57.0 Å². The molecular weight excluding hydrogens is 1260 g/mol. The van der Waals surface area contributed by atoms with E-state index in [4.69, 9.17) is 47.4 Å². The van der Waals surface area contributed by atoms with Gasteiger partial charge in [0.05, 0.1) is 122 Å². The second-order valence-electron chi connectivity index (χ2n) is 30.3. The van der Waals surface area contributed by atoms with Crippen LogP contribution in [0.1, 0.15) is 199 Å². The van der Waals surface area contributed by atoms with E-state index in [0.29, 0.717) is 62.5 Å². The molecule has 20 heteroatoms. The number of carbonyl (C=O) groups excluding carboxylic acids is 2.